The molecule has 0 aromatic rings. The van der Waals surface area contributed by atoms with Crippen molar-refractivity contribution in [1.82, 2.24) is 0 Å². The van der Waals surface area contributed by atoms with Crippen molar-refractivity contribution in [2.75, 3.05) is 6.61 Å². The van der Waals surface area contributed by atoms with Crippen LogP contribution in [-0.2, 0) is 0 Å². The third-order valence-corrected chi connectivity index (χ3v) is 0.855. The lowest BCUT2D eigenvalue weighted by molar-refractivity contribution is 0.000985. The normalized spacial score (nSPS) is 15.7. The summed E-state index contributed by atoms with van der Waals surface area (Å²) in [5.41, 5.74) is 5.03. The van der Waals surface area contributed by atoms with Gasteiger partial charge in [0.15, 0.2) is 0 Å². The van der Waals surface area contributed by atoms with E-state index in [0.29, 0.717) is 0 Å². The summed E-state index contributed by atoms with van der Waals surface area (Å²) in [7, 11) is 0. The van der Waals surface area contributed by atoms with Gasteiger partial charge in [-0.1, -0.05) is 0 Å². The van der Waals surface area contributed by atoms with Gasteiger partial charge in [-0.25, -0.2) is 8.78 Å². The second-order valence-corrected chi connectivity index (χ2v) is 2.22. The maximum atomic E-state index is 12.0. The van der Waals surface area contributed by atoms with Crippen LogP contribution < -0.4 is 5.73 Å². The fraction of sp³-hybridized carbons (Fsp3) is 1.00. The highest BCUT2D eigenvalue weighted by molar-refractivity contribution is 4.68. The van der Waals surface area contributed by atoms with E-state index >= 15 is 0 Å². The molecule has 0 aromatic carbocycles. The molecule has 3 N–H and O–H groups in total. The summed E-state index contributed by atoms with van der Waals surface area (Å²) in [4.78, 5) is 0. The molecule has 56 valence electrons. The zero-order valence-corrected chi connectivity index (χ0v) is 5.27. The highest BCUT2D eigenvalue weighted by Gasteiger charge is 2.23. The maximum Gasteiger partial charge on any atom is 0.247 e. The van der Waals surface area contributed by atoms with Crippen LogP contribution in [0.15, 0.2) is 0 Å². The molecular formula is C5H11F2NO. The molecule has 0 spiro atoms. The third-order valence-electron chi connectivity index (χ3n) is 0.855. The molecule has 9 heavy (non-hydrogen) atoms. The summed E-state index contributed by atoms with van der Waals surface area (Å²) < 4.78 is 23.9. The first kappa shape index (κ1) is 8.78. The van der Waals surface area contributed by atoms with Gasteiger partial charge in [-0.3, -0.25) is 0 Å². The Labute approximate surface area is 52.7 Å². The molecule has 0 aliphatic heterocycles. The number of halogens is 2. The molecule has 2 nitrogen and oxygen atoms in total. The Kier molecular flexibility index (Phi) is 3.00. The molecule has 0 amide bonds. The summed E-state index contributed by atoms with van der Waals surface area (Å²) in [6.45, 7) is 0.395. The van der Waals surface area contributed by atoms with Crippen LogP contribution in [0.1, 0.15) is 13.3 Å². The molecule has 0 aromatic heterocycles. The van der Waals surface area contributed by atoms with Gasteiger partial charge in [0.1, 0.15) is 0 Å². The van der Waals surface area contributed by atoms with Crippen LogP contribution in [0.4, 0.5) is 8.78 Å². The molecule has 0 rings (SSSR count). The van der Waals surface area contributed by atoms with Crippen LogP contribution in [0.25, 0.3) is 0 Å². The Bertz CT molecular complexity index is 81.5. The molecule has 4 heteroatoms. The first-order chi connectivity index (χ1) is 3.95. The van der Waals surface area contributed by atoms with Crippen molar-refractivity contribution in [3.63, 3.8) is 0 Å². The zero-order chi connectivity index (χ0) is 7.49. The molecule has 0 heterocycles. The molecule has 1 atom stereocenters. The Morgan fingerprint density at radius 1 is 1.67 bits per heavy atom. The number of aliphatic hydroxyl groups is 1. The second kappa shape index (κ2) is 3.08. The molecular weight excluding hydrogens is 128 g/mol. The Balaban J connectivity index is 3.47. The predicted molar refractivity (Wildman–Crippen MR) is 30.3 cm³/mol. The number of hydrogen-bond acceptors (Lipinski definition) is 2. The molecule has 0 bridgehead atoms. The smallest absolute Gasteiger partial charge is 0.247 e. The van der Waals surface area contributed by atoms with E-state index in [2.05, 4.69) is 0 Å². The summed E-state index contributed by atoms with van der Waals surface area (Å²) in [6.07, 6.45) is -0.455. The fourth-order valence-corrected chi connectivity index (χ4v) is 0.525. The van der Waals surface area contributed by atoms with Gasteiger partial charge in [-0.15, -0.1) is 0 Å². The standard InChI is InChI=1S/C5H11F2NO/c1-5(6,7)2-4(8)3-9/h4,9H,2-3,8H2,1H3. The van der Waals surface area contributed by atoms with E-state index in [0.717, 1.165) is 6.92 Å². The van der Waals surface area contributed by atoms with Gasteiger partial charge >= 0.3 is 0 Å². The van der Waals surface area contributed by atoms with Crippen LogP contribution in [0.5, 0.6) is 0 Å². The number of aliphatic hydroxyl groups excluding tert-OH is 1. The molecule has 0 saturated carbocycles. The molecule has 1 unspecified atom stereocenters. The maximum absolute atomic E-state index is 12.0. The van der Waals surface area contributed by atoms with Crippen molar-refractivity contribution < 1.29 is 13.9 Å². The van der Waals surface area contributed by atoms with Gasteiger partial charge in [0.25, 0.3) is 0 Å². The van der Waals surface area contributed by atoms with E-state index in [1.165, 1.54) is 0 Å². The van der Waals surface area contributed by atoms with E-state index in [1.807, 2.05) is 0 Å². The summed E-state index contributed by atoms with van der Waals surface area (Å²) in [5.74, 6) is -2.76. The minimum absolute atomic E-state index is 0.385. The van der Waals surface area contributed by atoms with Gasteiger partial charge < -0.3 is 10.8 Å². The average Bonchev–Trinajstić information content (AvgIpc) is 1.62. The Morgan fingerprint density at radius 3 is 2.22 bits per heavy atom. The van der Waals surface area contributed by atoms with Crippen LogP contribution in [0.3, 0.4) is 0 Å². The lowest BCUT2D eigenvalue weighted by Crippen LogP contribution is -2.31. The fourth-order valence-electron chi connectivity index (χ4n) is 0.525. The van der Waals surface area contributed by atoms with Crippen LogP contribution >= 0.6 is 0 Å². The highest BCUT2D eigenvalue weighted by Crippen LogP contribution is 2.17. The minimum atomic E-state index is -2.76. The van der Waals surface area contributed by atoms with Gasteiger partial charge in [-0.05, 0) is 6.92 Å². The van der Waals surface area contributed by atoms with E-state index in [9.17, 15) is 8.78 Å². The Hall–Kier alpha value is -0.220. The largest absolute Gasteiger partial charge is 0.395 e. The van der Waals surface area contributed by atoms with Crippen LogP contribution in [-0.4, -0.2) is 23.7 Å². The number of nitrogens with two attached hydrogens (primary N) is 1. The summed E-state index contributed by atoms with van der Waals surface area (Å²) in [5, 5.41) is 8.24. The average molecular weight is 139 g/mol. The van der Waals surface area contributed by atoms with Gasteiger partial charge in [0.2, 0.25) is 5.92 Å². The van der Waals surface area contributed by atoms with Crippen molar-refractivity contribution in [2.24, 2.45) is 5.73 Å². The third kappa shape index (κ3) is 5.65. The SMILES string of the molecule is CC(F)(F)CC(N)CO. The van der Waals surface area contributed by atoms with Crippen LogP contribution in [0.2, 0.25) is 0 Å². The van der Waals surface area contributed by atoms with Crippen molar-refractivity contribution in [3.8, 4) is 0 Å². The first-order valence-electron chi connectivity index (χ1n) is 2.70. The quantitative estimate of drug-likeness (QED) is 0.592. The lowest BCUT2D eigenvalue weighted by Gasteiger charge is -2.13. The monoisotopic (exact) mass is 139 g/mol. The van der Waals surface area contributed by atoms with Crippen molar-refractivity contribution in [2.45, 2.75) is 25.3 Å². The number of hydrogen-bond donors (Lipinski definition) is 2. The van der Waals surface area contributed by atoms with Crippen molar-refractivity contribution >= 4 is 0 Å². The molecule has 0 saturated heterocycles. The minimum Gasteiger partial charge on any atom is -0.395 e. The van der Waals surface area contributed by atoms with E-state index in [-0.39, 0.29) is 6.61 Å². The molecule has 0 aliphatic rings. The number of rotatable bonds is 3. The summed E-state index contributed by atoms with van der Waals surface area (Å²) >= 11 is 0. The van der Waals surface area contributed by atoms with Gasteiger partial charge in [0, 0.05) is 12.5 Å². The van der Waals surface area contributed by atoms with Crippen molar-refractivity contribution in [1.29, 1.82) is 0 Å². The second-order valence-electron chi connectivity index (χ2n) is 2.22. The van der Waals surface area contributed by atoms with E-state index < -0.39 is 18.4 Å². The van der Waals surface area contributed by atoms with Gasteiger partial charge in [-0.2, -0.15) is 0 Å². The Morgan fingerprint density at radius 2 is 2.11 bits per heavy atom. The first-order valence-corrected chi connectivity index (χ1v) is 2.70. The topological polar surface area (TPSA) is 46.2 Å². The van der Waals surface area contributed by atoms with E-state index in [4.69, 9.17) is 10.8 Å². The van der Waals surface area contributed by atoms with Gasteiger partial charge in [0.05, 0.1) is 6.61 Å². The summed E-state index contributed by atoms with van der Waals surface area (Å²) in [6, 6.07) is -0.801. The van der Waals surface area contributed by atoms with E-state index in [1.54, 1.807) is 0 Å². The van der Waals surface area contributed by atoms with Crippen LogP contribution in [0, 0.1) is 0 Å². The van der Waals surface area contributed by atoms with Crippen molar-refractivity contribution in [3.05, 3.63) is 0 Å². The predicted octanol–water partition coefficient (Wildman–Crippen LogP) is 0.351. The molecule has 0 aliphatic carbocycles. The lowest BCUT2D eigenvalue weighted by atomic mass is 10.1. The highest BCUT2D eigenvalue weighted by atomic mass is 19.3. The molecule has 0 radical (unpaired) electrons. The zero-order valence-electron chi connectivity index (χ0n) is 5.27. The number of alkyl halides is 2. The molecule has 0 fully saturated rings.